The fraction of sp³-hybridized carbons (Fsp3) is 0.250. The molecule has 0 fully saturated rings. The van der Waals surface area contributed by atoms with Gasteiger partial charge >= 0.3 is 0 Å². The van der Waals surface area contributed by atoms with E-state index in [0.717, 1.165) is 0 Å². The third-order valence-corrected chi connectivity index (χ3v) is 4.09. The summed E-state index contributed by atoms with van der Waals surface area (Å²) >= 11 is 0. The number of hydrogen-bond donors (Lipinski definition) is 3. The molecule has 0 atom stereocenters. The predicted molar refractivity (Wildman–Crippen MR) is 106 cm³/mol. The molecule has 2 aromatic rings. The van der Waals surface area contributed by atoms with Crippen LogP contribution in [0.2, 0.25) is 0 Å². The normalized spacial score (nSPS) is 10.1. The minimum atomic E-state index is -0.498. The molecule has 0 aliphatic heterocycles. The highest BCUT2D eigenvalue weighted by Gasteiger charge is 2.12. The largest absolute Gasteiger partial charge is 0.376 e. The molecule has 0 spiro atoms. The molecule has 7 nitrogen and oxygen atoms in total. The van der Waals surface area contributed by atoms with Crippen LogP contribution in [0.4, 0.5) is 11.4 Å². The van der Waals surface area contributed by atoms with Crippen molar-refractivity contribution in [2.24, 2.45) is 5.73 Å². The summed E-state index contributed by atoms with van der Waals surface area (Å²) < 4.78 is 0. The summed E-state index contributed by atoms with van der Waals surface area (Å²) in [7, 11) is 0. The number of amides is 3. The highest BCUT2D eigenvalue weighted by molar-refractivity contribution is 5.97. The van der Waals surface area contributed by atoms with E-state index in [4.69, 9.17) is 5.73 Å². The molecule has 0 bridgehead atoms. The Hall–Kier alpha value is -3.35. The Bertz CT molecular complexity index is 797. The third kappa shape index (κ3) is 5.57. The van der Waals surface area contributed by atoms with E-state index in [1.54, 1.807) is 53.4 Å². The molecule has 2 aromatic carbocycles. The average Bonchev–Trinajstić information content (AvgIpc) is 2.68. The standard InChI is InChI=1S/C20H24N4O3/c1-3-24(4-2)20(27)15-7-11-17(12-8-15)23-18(25)13-22-16-9-5-14(6-10-16)19(21)26/h5-12,22H,3-4,13H2,1-2H3,(H2,21,26)(H,23,25). The van der Waals surface area contributed by atoms with Crippen molar-refractivity contribution in [1.29, 1.82) is 0 Å². The van der Waals surface area contributed by atoms with E-state index in [9.17, 15) is 14.4 Å². The van der Waals surface area contributed by atoms with Gasteiger partial charge < -0.3 is 21.3 Å². The lowest BCUT2D eigenvalue weighted by molar-refractivity contribution is -0.114. The van der Waals surface area contributed by atoms with Gasteiger partial charge in [0, 0.05) is 35.6 Å². The number of anilines is 2. The first-order chi connectivity index (χ1) is 12.9. The predicted octanol–water partition coefficient (Wildman–Crippen LogP) is 2.32. The van der Waals surface area contributed by atoms with Crippen LogP contribution in [-0.2, 0) is 4.79 Å². The van der Waals surface area contributed by atoms with Crippen molar-refractivity contribution in [3.8, 4) is 0 Å². The van der Waals surface area contributed by atoms with Crippen LogP contribution in [0, 0.1) is 0 Å². The summed E-state index contributed by atoms with van der Waals surface area (Å²) in [5.41, 5.74) is 7.50. The number of rotatable bonds is 8. The van der Waals surface area contributed by atoms with Gasteiger partial charge in [0.15, 0.2) is 0 Å². The highest BCUT2D eigenvalue weighted by atomic mass is 16.2. The number of carbonyl (C=O) groups is 3. The van der Waals surface area contributed by atoms with Gasteiger partial charge in [0.25, 0.3) is 5.91 Å². The Morgan fingerprint density at radius 2 is 1.37 bits per heavy atom. The van der Waals surface area contributed by atoms with Crippen LogP contribution in [0.15, 0.2) is 48.5 Å². The number of benzene rings is 2. The molecule has 7 heteroatoms. The van der Waals surface area contributed by atoms with Gasteiger partial charge in [-0.05, 0) is 62.4 Å². The fourth-order valence-corrected chi connectivity index (χ4v) is 2.53. The SMILES string of the molecule is CCN(CC)C(=O)c1ccc(NC(=O)CNc2ccc(C(N)=O)cc2)cc1. The Morgan fingerprint density at radius 1 is 0.852 bits per heavy atom. The zero-order valence-corrected chi connectivity index (χ0v) is 15.5. The first kappa shape index (κ1) is 20.0. The van der Waals surface area contributed by atoms with Crippen LogP contribution in [0.25, 0.3) is 0 Å². The van der Waals surface area contributed by atoms with Gasteiger partial charge in [0.1, 0.15) is 0 Å². The summed E-state index contributed by atoms with van der Waals surface area (Å²) in [5.74, 6) is -0.752. The van der Waals surface area contributed by atoms with E-state index in [-0.39, 0.29) is 18.4 Å². The first-order valence-corrected chi connectivity index (χ1v) is 8.77. The van der Waals surface area contributed by atoms with Gasteiger partial charge in [0.05, 0.1) is 6.54 Å². The number of hydrogen-bond acceptors (Lipinski definition) is 4. The number of nitrogens with two attached hydrogens (primary N) is 1. The third-order valence-electron chi connectivity index (χ3n) is 4.09. The van der Waals surface area contributed by atoms with Crippen LogP contribution < -0.4 is 16.4 Å². The van der Waals surface area contributed by atoms with E-state index in [1.165, 1.54) is 0 Å². The molecule has 0 aliphatic carbocycles. The minimum Gasteiger partial charge on any atom is -0.376 e. The van der Waals surface area contributed by atoms with E-state index in [1.807, 2.05) is 13.8 Å². The Labute approximate surface area is 158 Å². The van der Waals surface area contributed by atoms with Gasteiger partial charge in [-0.15, -0.1) is 0 Å². The molecular formula is C20H24N4O3. The van der Waals surface area contributed by atoms with Gasteiger partial charge in [0.2, 0.25) is 11.8 Å². The maximum Gasteiger partial charge on any atom is 0.253 e. The van der Waals surface area contributed by atoms with Gasteiger partial charge in [-0.2, -0.15) is 0 Å². The summed E-state index contributed by atoms with van der Waals surface area (Å²) in [4.78, 5) is 37.1. The molecule has 0 aliphatic rings. The van der Waals surface area contributed by atoms with E-state index in [2.05, 4.69) is 10.6 Å². The molecule has 0 aromatic heterocycles. The van der Waals surface area contributed by atoms with Crippen LogP contribution in [0.5, 0.6) is 0 Å². The fourth-order valence-electron chi connectivity index (χ4n) is 2.53. The molecule has 2 rings (SSSR count). The molecule has 0 heterocycles. The monoisotopic (exact) mass is 368 g/mol. The molecule has 0 unspecified atom stereocenters. The smallest absolute Gasteiger partial charge is 0.253 e. The summed E-state index contributed by atoms with van der Waals surface area (Å²) in [6.45, 7) is 5.24. The van der Waals surface area contributed by atoms with Gasteiger partial charge in [-0.25, -0.2) is 0 Å². The second-order valence-electron chi connectivity index (χ2n) is 5.90. The number of carbonyl (C=O) groups excluding carboxylic acids is 3. The highest BCUT2D eigenvalue weighted by Crippen LogP contribution is 2.12. The Morgan fingerprint density at radius 3 is 1.89 bits per heavy atom. The van der Waals surface area contributed by atoms with E-state index >= 15 is 0 Å². The number of primary amides is 1. The average molecular weight is 368 g/mol. The number of nitrogens with one attached hydrogen (secondary N) is 2. The zero-order chi connectivity index (χ0) is 19.8. The lowest BCUT2D eigenvalue weighted by Crippen LogP contribution is -2.30. The topological polar surface area (TPSA) is 105 Å². The van der Waals surface area contributed by atoms with E-state index < -0.39 is 5.91 Å². The van der Waals surface area contributed by atoms with E-state index in [0.29, 0.717) is 35.6 Å². The van der Waals surface area contributed by atoms with Crippen LogP contribution in [0.3, 0.4) is 0 Å². The van der Waals surface area contributed by atoms with Crippen molar-refractivity contribution in [2.45, 2.75) is 13.8 Å². The first-order valence-electron chi connectivity index (χ1n) is 8.77. The van der Waals surface area contributed by atoms with Gasteiger partial charge in [-0.3, -0.25) is 14.4 Å². The summed E-state index contributed by atoms with van der Waals surface area (Å²) in [6, 6.07) is 13.4. The molecule has 0 radical (unpaired) electrons. The molecule has 27 heavy (non-hydrogen) atoms. The van der Waals surface area contributed by atoms with Gasteiger partial charge in [-0.1, -0.05) is 0 Å². The number of nitrogens with zero attached hydrogens (tertiary/aromatic N) is 1. The van der Waals surface area contributed by atoms with Crippen molar-refractivity contribution < 1.29 is 14.4 Å². The van der Waals surface area contributed by atoms with Crippen LogP contribution in [-0.4, -0.2) is 42.3 Å². The van der Waals surface area contributed by atoms with Crippen LogP contribution in [0.1, 0.15) is 34.6 Å². The lowest BCUT2D eigenvalue weighted by atomic mass is 10.1. The second kappa shape index (κ2) is 9.38. The molecule has 142 valence electrons. The Balaban J connectivity index is 1.88. The van der Waals surface area contributed by atoms with Crippen molar-refractivity contribution in [2.75, 3.05) is 30.3 Å². The minimum absolute atomic E-state index is 0.0287. The molecule has 0 saturated heterocycles. The maximum absolute atomic E-state index is 12.3. The molecule has 4 N–H and O–H groups in total. The molecule has 0 saturated carbocycles. The van der Waals surface area contributed by atoms with Crippen molar-refractivity contribution >= 4 is 29.1 Å². The maximum atomic E-state index is 12.3. The Kier molecular flexibility index (Phi) is 6.93. The molecule has 3 amide bonds. The zero-order valence-electron chi connectivity index (χ0n) is 15.5. The quantitative estimate of drug-likeness (QED) is 0.665. The van der Waals surface area contributed by atoms with Crippen molar-refractivity contribution in [3.05, 3.63) is 59.7 Å². The van der Waals surface area contributed by atoms with Crippen LogP contribution >= 0.6 is 0 Å². The van der Waals surface area contributed by atoms with Crippen molar-refractivity contribution in [3.63, 3.8) is 0 Å². The summed E-state index contributed by atoms with van der Waals surface area (Å²) in [6.07, 6.45) is 0. The second-order valence-corrected chi connectivity index (χ2v) is 5.90. The summed E-state index contributed by atoms with van der Waals surface area (Å²) in [5, 5.41) is 5.73. The lowest BCUT2D eigenvalue weighted by Gasteiger charge is -2.18. The molecular weight excluding hydrogens is 344 g/mol. The van der Waals surface area contributed by atoms with Crippen molar-refractivity contribution in [1.82, 2.24) is 4.90 Å².